The number of fused-ring (bicyclic) bond motifs is 3. The molecule has 0 amide bonds. The Kier molecular flexibility index (Phi) is 14.9. The lowest BCUT2D eigenvalue weighted by atomic mass is 9.91. The molecular formula is C55H55N3S. The third-order valence-electron chi connectivity index (χ3n) is 11.2. The number of aryl methyl sites for hydroxylation is 1. The molecule has 0 fully saturated rings. The number of hydrogen-bond acceptors (Lipinski definition) is 4. The van der Waals surface area contributed by atoms with Gasteiger partial charge in [0, 0.05) is 41.0 Å². The number of benzene rings is 6. The largest absolute Gasteiger partial charge is 0.372 e. The summed E-state index contributed by atoms with van der Waals surface area (Å²) < 4.78 is 9.27. The van der Waals surface area contributed by atoms with Crippen LogP contribution >= 0.6 is 11.7 Å². The monoisotopic (exact) mass is 789 g/mol. The van der Waals surface area contributed by atoms with E-state index in [1.54, 1.807) is 0 Å². The number of hydrogen-bond donors (Lipinski definition) is 0. The molecule has 1 heterocycles. The van der Waals surface area contributed by atoms with Crippen molar-refractivity contribution >= 4 is 50.0 Å². The Morgan fingerprint density at radius 2 is 0.847 bits per heavy atom. The van der Waals surface area contributed by atoms with E-state index in [1.165, 1.54) is 100 Å². The molecule has 1 aromatic heterocycles. The minimum Gasteiger partial charge on any atom is -0.372 e. The van der Waals surface area contributed by atoms with Gasteiger partial charge in [-0.05, 0) is 89.8 Å². The maximum atomic E-state index is 4.66. The fourth-order valence-corrected chi connectivity index (χ4v) is 8.37. The van der Waals surface area contributed by atoms with Crippen molar-refractivity contribution in [1.29, 1.82) is 0 Å². The van der Waals surface area contributed by atoms with Gasteiger partial charge in [-0.1, -0.05) is 180 Å². The molecule has 296 valence electrons. The fraction of sp³-hybridized carbons (Fsp3) is 0.309. The van der Waals surface area contributed by atoms with E-state index in [-0.39, 0.29) is 0 Å². The van der Waals surface area contributed by atoms with E-state index < -0.39 is 0 Å². The van der Waals surface area contributed by atoms with Crippen molar-refractivity contribution in [2.75, 3.05) is 18.0 Å². The van der Waals surface area contributed by atoms with Crippen molar-refractivity contribution in [2.24, 2.45) is 0 Å². The van der Waals surface area contributed by atoms with Gasteiger partial charge in [0.15, 0.2) is 0 Å². The average Bonchev–Trinajstić information content (AvgIpc) is 3.78. The molecule has 3 nitrogen and oxygen atoms in total. The van der Waals surface area contributed by atoms with Gasteiger partial charge in [0.1, 0.15) is 11.0 Å². The zero-order valence-electron chi connectivity index (χ0n) is 35.0. The summed E-state index contributed by atoms with van der Waals surface area (Å²) in [7, 11) is 0. The van der Waals surface area contributed by atoms with Crippen LogP contribution in [0.4, 0.5) is 5.69 Å². The second kappa shape index (κ2) is 21.2. The third kappa shape index (κ3) is 10.8. The van der Waals surface area contributed by atoms with Gasteiger partial charge in [0.05, 0.1) is 22.9 Å². The van der Waals surface area contributed by atoms with Crippen LogP contribution in [0.5, 0.6) is 0 Å². The van der Waals surface area contributed by atoms with Gasteiger partial charge in [-0.2, -0.15) is 8.75 Å². The van der Waals surface area contributed by atoms with E-state index in [0.29, 0.717) is 0 Å². The van der Waals surface area contributed by atoms with Crippen molar-refractivity contribution < 1.29 is 0 Å². The van der Waals surface area contributed by atoms with Crippen molar-refractivity contribution in [3.8, 4) is 35.5 Å². The molecule has 7 aromatic rings. The Hall–Kier alpha value is -5.86. The zero-order valence-corrected chi connectivity index (χ0v) is 35.9. The maximum Gasteiger partial charge on any atom is 0.121 e. The molecule has 59 heavy (non-hydrogen) atoms. The Balaban J connectivity index is 1.15. The molecule has 0 aliphatic carbocycles. The molecule has 7 rings (SSSR count). The number of anilines is 1. The van der Waals surface area contributed by atoms with Gasteiger partial charge in [0.2, 0.25) is 0 Å². The van der Waals surface area contributed by atoms with Gasteiger partial charge in [-0.15, -0.1) is 0 Å². The second-order valence-electron chi connectivity index (χ2n) is 15.6. The molecule has 0 saturated heterocycles. The first-order valence-electron chi connectivity index (χ1n) is 21.8. The van der Waals surface area contributed by atoms with Crippen molar-refractivity contribution in [1.82, 2.24) is 8.75 Å². The molecular weight excluding hydrogens is 735 g/mol. The lowest BCUT2D eigenvalue weighted by Crippen LogP contribution is -2.25. The normalized spacial score (nSPS) is 10.8. The number of rotatable bonds is 15. The van der Waals surface area contributed by atoms with Crippen molar-refractivity contribution in [3.63, 3.8) is 0 Å². The summed E-state index contributed by atoms with van der Waals surface area (Å²) >= 11 is 1.20. The maximum absolute atomic E-state index is 4.66. The first kappa shape index (κ1) is 41.3. The highest BCUT2D eigenvalue weighted by molar-refractivity contribution is 7.00. The van der Waals surface area contributed by atoms with Gasteiger partial charge in [-0.25, -0.2) is 0 Å². The van der Waals surface area contributed by atoms with Crippen LogP contribution in [-0.2, 0) is 0 Å². The van der Waals surface area contributed by atoms with Crippen molar-refractivity contribution in [3.05, 3.63) is 148 Å². The van der Waals surface area contributed by atoms with Crippen LogP contribution in [0.15, 0.2) is 109 Å². The van der Waals surface area contributed by atoms with Crippen LogP contribution in [0.3, 0.4) is 0 Å². The molecule has 0 aliphatic rings. The number of aromatic nitrogens is 2. The average molecular weight is 790 g/mol. The molecule has 0 atom stereocenters. The van der Waals surface area contributed by atoms with E-state index in [2.05, 4.69) is 155 Å². The number of nitrogens with zero attached hydrogens (tertiary/aromatic N) is 3. The standard InChI is InChI=1S/C55H55N3S/c1-4-6-8-10-12-18-40-58(41-19-13-11-9-7-5-2)47-36-29-44(30-37-47)31-38-52-48-20-14-16-22-50(48)53(51-23-17-15-21-49(51)52)39-35-46-34-33-45(54-55(46)57-59-56-54)32-28-43-26-24-42(3)25-27-43/h14-17,20-27,29-30,33-34,36-37H,4-13,18-19,40-41H2,1-3H3. The molecule has 0 aliphatic heterocycles. The topological polar surface area (TPSA) is 29.0 Å². The quantitative estimate of drug-likeness (QED) is 0.0588. The summed E-state index contributed by atoms with van der Waals surface area (Å²) in [4.78, 5) is 2.61. The van der Waals surface area contributed by atoms with Gasteiger partial charge in [-0.3, -0.25) is 0 Å². The van der Waals surface area contributed by atoms with Crippen LogP contribution in [0.1, 0.15) is 130 Å². The highest BCUT2D eigenvalue weighted by atomic mass is 32.1. The Labute approximate surface area is 356 Å². The smallest absolute Gasteiger partial charge is 0.121 e. The fourth-order valence-electron chi connectivity index (χ4n) is 7.80. The second-order valence-corrected chi connectivity index (χ2v) is 16.2. The highest BCUT2D eigenvalue weighted by Crippen LogP contribution is 2.33. The molecule has 0 bridgehead atoms. The Morgan fingerprint density at radius 3 is 1.34 bits per heavy atom. The first-order chi connectivity index (χ1) is 29.1. The predicted octanol–water partition coefficient (Wildman–Crippen LogP) is 14.0. The van der Waals surface area contributed by atoms with Gasteiger partial charge >= 0.3 is 0 Å². The first-order valence-corrected chi connectivity index (χ1v) is 22.5. The van der Waals surface area contributed by atoms with Crippen LogP contribution in [0.25, 0.3) is 32.6 Å². The van der Waals surface area contributed by atoms with Crippen molar-refractivity contribution in [2.45, 2.75) is 97.8 Å². The van der Waals surface area contributed by atoms with Crippen LogP contribution < -0.4 is 4.90 Å². The highest BCUT2D eigenvalue weighted by Gasteiger charge is 2.13. The molecule has 6 aromatic carbocycles. The summed E-state index contributed by atoms with van der Waals surface area (Å²) in [6.45, 7) is 8.91. The molecule has 0 spiro atoms. The lowest BCUT2D eigenvalue weighted by Gasteiger charge is -2.25. The molecule has 4 heteroatoms. The summed E-state index contributed by atoms with van der Waals surface area (Å²) in [5.74, 6) is 20.8. The van der Waals surface area contributed by atoms with E-state index in [1.807, 2.05) is 24.3 Å². The third-order valence-corrected chi connectivity index (χ3v) is 11.7. The predicted molar refractivity (Wildman–Crippen MR) is 253 cm³/mol. The summed E-state index contributed by atoms with van der Waals surface area (Å²) in [6, 6.07) is 38.3. The molecule has 0 unspecified atom stereocenters. The molecule has 0 radical (unpaired) electrons. The summed E-state index contributed by atoms with van der Waals surface area (Å²) in [6.07, 6.45) is 15.8. The van der Waals surface area contributed by atoms with E-state index in [4.69, 9.17) is 0 Å². The van der Waals surface area contributed by atoms with Gasteiger partial charge < -0.3 is 4.90 Å². The summed E-state index contributed by atoms with van der Waals surface area (Å²) in [5.41, 5.74) is 9.81. The van der Waals surface area contributed by atoms with E-state index in [0.717, 1.165) is 79.0 Å². The lowest BCUT2D eigenvalue weighted by molar-refractivity contribution is 0.575. The number of unbranched alkanes of at least 4 members (excludes halogenated alkanes) is 10. The minimum absolute atomic E-state index is 0.785. The Morgan fingerprint density at radius 1 is 0.441 bits per heavy atom. The van der Waals surface area contributed by atoms with Gasteiger partial charge in [0.25, 0.3) is 0 Å². The SMILES string of the molecule is CCCCCCCCN(CCCCCCCC)c1ccc(C#Cc2c3ccccc3c(C#Cc3ccc(C#Cc4ccc(C)cc4)c4nsnc34)c3ccccc23)cc1. The zero-order chi connectivity index (χ0) is 40.7. The van der Waals surface area contributed by atoms with Crippen LogP contribution in [0.2, 0.25) is 0 Å². The van der Waals surface area contributed by atoms with Crippen LogP contribution in [-0.4, -0.2) is 21.8 Å². The Bertz CT molecular complexity index is 2600. The molecule has 0 N–H and O–H groups in total. The molecule has 0 saturated carbocycles. The minimum atomic E-state index is 0.785. The summed E-state index contributed by atoms with van der Waals surface area (Å²) in [5, 5.41) is 4.38. The van der Waals surface area contributed by atoms with E-state index in [9.17, 15) is 0 Å². The van der Waals surface area contributed by atoms with Crippen LogP contribution in [0, 0.1) is 42.4 Å². The van der Waals surface area contributed by atoms with E-state index >= 15 is 0 Å².